The summed E-state index contributed by atoms with van der Waals surface area (Å²) in [7, 11) is 0. The molecule has 6 N–H and O–H groups in total. The molecule has 0 aromatic heterocycles. The lowest BCUT2D eigenvalue weighted by molar-refractivity contribution is -0.140. The van der Waals surface area contributed by atoms with Gasteiger partial charge in [0.1, 0.15) is 12.1 Å². The molecular formula is C68H67N3O7S2. The third-order valence-corrected chi connectivity index (χ3v) is 17.2. The molecule has 0 aliphatic rings. The lowest BCUT2D eigenvalue weighted by Crippen LogP contribution is -2.58. The summed E-state index contributed by atoms with van der Waals surface area (Å²) in [4.78, 5) is 56.0. The molecule has 10 nitrogen and oxygen atoms in total. The van der Waals surface area contributed by atoms with Crippen molar-refractivity contribution in [3.8, 4) is 0 Å². The number of benzene rings is 8. The van der Waals surface area contributed by atoms with Crippen LogP contribution in [0.5, 0.6) is 0 Å². The van der Waals surface area contributed by atoms with E-state index in [1.165, 1.54) is 11.8 Å². The Morgan fingerprint density at radius 1 is 0.438 bits per heavy atom. The highest BCUT2D eigenvalue weighted by Crippen LogP contribution is 2.50. The van der Waals surface area contributed by atoms with E-state index in [1.807, 2.05) is 176 Å². The quantitative estimate of drug-likeness (QED) is 0.0159. The molecule has 5 atom stereocenters. The van der Waals surface area contributed by atoms with Gasteiger partial charge in [-0.3, -0.25) is 19.2 Å². The number of aliphatic hydroxyl groups is 2. The first-order valence-corrected chi connectivity index (χ1v) is 28.9. The number of thioether (sulfide) groups is 2. The maximum Gasteiger partial charge on any atom is 0.306 e. The van der Waals surface area contributed by atoms with Crippen LogP contribution in [0.4, 0.5) is 0 Å². The van der Waals surface area contributed by atoms with E-state index in [4.69, 9.17) is 0 Å². The summed E-state index contributed by atoms with van der Waals surface area (Å²) in [6.07, 6.45) is 0.642. The van der Waals surface area contributed by atoms with Crippen molar-refractivity contribution in [2.75, 3.05) is 11.5 Å². The zero-order chi connectivity index (χ0) is 56.0. The fraction of sp³-hybridized carbons (Fsp3) is 0.206. The minimum absolute atomic E-state index is 0.0136. The van der Waals surface area contributed by atoms with E-state index in [1.54, 1.807) is 17.8 Å². The van der Waals surface area contributed by atoms with Crippen LogP contribution in [-0.2, 0) is 41.5 Å². The zero-order valence-electron chi connectivity index (χ0n) is 44.4. The zero-order valence-corrected chi connectivity index (χ0v) is 46.0. The molecule has 0 spiro atoms. The van der Waals surface area contributed by atoms with Crippen molar-refractivity contribution in [3.05, 3.63) is 299 Å². The Balaban J connectivity index is 1.04. The van der Waals surface area contributed by atoms with Gasteiger partial charge in [0.15, 0.2) is 0 Å². The monoisotopic (exact) mass is 1100 g/mol. The number of carbonyl (C=O) groups excluding carboxylic acids is 3. The Morgan fingerprint density at radius 2 is 0.800 bits per heavy atom. The fourth-order valence-corrected chi connectivity index (χ4v) is 13.1. The molecule has 0 radical (unpaired) electrons. The first-order chi connectivity index (χ1) is 39.0. The molecule has 0 heterocycles. The minimum atomic E-state index is -1.48. The van der Waals surface area contributed by atoms with E-state index in [9.17, 15) is 29.7 Å². The molecule has 0 aliphatic carbocycles. The highest BCUT2D eigenvalue weighted by atomic mass is 32.2. The van der Waals surface area contributed by atoms with Gasteiger partial charge in [0.25, 0.3) is 0 Å². The van der Waals surface area contributed by atoms with Crippen molar-refractivity contribution in [2.24, 2.45) is 0 Å². The second kappa shape index (κ2) is 29.3. The molecule has 8 rings (SSSR count). The van der Waals surface area contributed by atoms with E-state index in [2.05, 4.69) is 88.7 Å². The van der Waals surface area contributed by atoms with Gasteiger partial charge in [-0.15, -0.1) is 23.5 Å². The van der Waals surface area contributed by atoms with Crippen LogP contribution < -0.4 is 16.0 Å². The van der Waals surface area contributed by atoms with E-state index >= 15 is 4.79 Å². The van der Waals surface area contributed by atoms with Gasteiger partial charge in [0.2, 0.25) is 17.7 Å². The summed E-state index contributed by atoms with van der Waals surface area (Å²) >= 11 is 3.24. The third-order valence-electron chi connectivity index (χ3n) is 13.9. The minimum Gasteiger partial charge on any atom is -0.481 e. The molecule has 0 unspecified atom stereocenters. The van der Waals surface area contributed by atoms with Gasteiger partial charge < -0.3 is 31.3 Å². The Kier molecular flexibility index (Phi) is 21.3. The van der Waals surface area contributed by atoms with Gasteiger partial charge in [-0.2, -0.15) is 0 Å². The van der Waals surface area contributed by atoms with E-state index in [-0.39, 0.29) is 25.0 Å². The molecule has 8 aromatic carbocycles. The summed E-state index contributed by atoms with van der Waals surface area (Å²) in [6.45, 7) is 0. The molecule has 3 amide bonds. The Hall–Kier alpha value is -8.00. The molecule has 8 aromatic rings. The number of nitrogens with one attached hydrogen (secondary N) is 3. The number of aliphatic carboxylic acids is 1. The van der Waals surface area contributed by atoms with Gasteiger partial charge in [-0.25, -0.2) is 0 Å². The predicted octanol–water partition coefficient (Wildman–Crippen LogP) is 10.9. The van der Waals surface area contributed by atoms with Crippen molar-refractivity contribution in [1.82, 2.24) is 16.0 Å². The number of amides is 3. The average Bonchev–Trinajstić information content (AvgIpc) is 3.63. The van der Waals surface area contributed by atoms with Crippen LogP contribution in [0.25, 0.3) is 0 Å². The topological polar surface area (TPSA) is 165 Å². The average molecular weight is 1100 g/mol. The van der Waals surface area contributed by atoms with Crippen molar-refractivity contribution in [2.45, 2.75) is 71.9 Å². The molecule has 408 valence electrons. The number of carbonyl (C=O) groups is 4. The third kappa shape index (κ3) is 15.4. The summed E-state index contributed by atoms with van der Waals surface area (Å²) in [6, 6.07) is 75.8. The summed E-state index contributed by atoms with van der Waals surface area (Å²) in [5.41, 5.74) is 7.70. The number of hydrogen-bond acceptors (Lipinski definition) is 8. The second-order valence-corrected chi connectivity index (χ2v) is 22.1. The van der Waals surface area contributed by atoms with Crippen LogP contribution >= 0.6 is 23.5 Å². The highest BCUT2D eigenvalue weighted by molar-refractivity contribution is 8.00. The highest BCUT2D eigenvalue weighted by Gasteiger charge is 2.40. The number of rotatable bonds is 28. The van der Waals surface area contributed by atoms with Crippen molar-refractivity contribution < 1.29 is 34.5 Å². The van der Waals surface area contributed by atoms with Crippen LogP contribution in [0.1, 0.15) is 63.8 Å². The number of carboxylic acid groups (broad SMARTS) is 1. The molecule has 0 bridgehead atoms. The molecule has 0 fully saturated rings. The molecule has 0 aliphatic heterocycles. The Labute approximate surface area is 477 Å². The number of aliphatic hydroxyl groups excluding tert-OH is 2. The first kappa shape index (κ1) is 58.2. The van der Waals surface area contributed by atoms with Crippen molar-refractivity contribution >= 4 is 47.2 Å². The number of hydrogen-bond donors (Lipinski definition) is 6. The smallest absolute Gasteiger partial charge is 0.306 e. The normalized spacial score (nSPS) is 13.5. The predicted molar refractivity (Wildman–Crippen MR) is 322 cm³/mol. The maximum absolute atomic E-state index is 15.0. The van der Waals surface area contributed by atoms with Crippen LogP contribution in [0, 0.1) is 0 Å². The van der Waals surface area contributed by atoms with Crippen molar-refractivity contribution in [1.29, 1.82) is 0 Å². The van der Waals surface area contributed by atoms with Gasteiger partial charge in [0.05, 0.1) is 40.6 Å². The van der Waals surface area contributed by atoms with E-state index in [0.717, 1.165) is 44.5 Å². The molecule has 80 heavy (non-hydrogen) atoms. The SMILES string of the molecule is O=C(O)C[C@H](O)[C@@H](Cc1ccccc1)NC(=O)[C@@H](CSC(c1ccccc1)(c1ccccc1)c1ccccc1)NC(=O)[C@@H](Cc1ccccc1)NC(=O)C[C@H](O)/C=C/CCSC(c1ccccc1)(c1ccccc1)c1ccccc1. The molecular weight excluding hydrogens is 1030 g/mol. The van der Waals surface area contributed by atoms with Gasteiger partial charge in [-0.1, -0.05) is 255 Å². The molecule has 12 heteroatoms. The van der Waals surface area contributed by atoms with Crippen LogP contribution in [0.2, 0.25) is 0 Å². The van der Waals surface area contributed by atoms with Crippen molar-refractivity contribution in [3.63, 3.8) is 0 Å². The molecule has 0 saturated carbocycles. The Bertz CT molecular complexity index is 3010. The standard InChI is InChI=1S/C68H67N3O7S2/c72-58(43-25-26-44-79-67(52-31-13-3-14-32-52,53-33-15-4-16-34-53)54-35-17-5-18-36-54)47-63(74)69-60(46-51-29-11-2-12-30-51)65(77)71-61(66(78)70-59(62(73)48-64(75)76)45-50-27-9-1-10-28-50)49-80-68(55-37-19-6-20-38-55,56-39-21-7-22-40-56)57-41-23-8-24-42-57/h1-25,27-43,58-62,72-73H,26,44-49H2,(H,69,74)(H,70,78)(H,71,77)(H,75,76)/b43-25+/t58-,59-,60-,61-,62+/m1/s1. The second-order valence-electron chi connectivity index (χ2n) is 19.5. The maximum atomic E-state index is 15.0. The van der Waals surface area contributed by atoms with Crippen LogP contribution in [-0.4, -0.2) is 80.8 Å². The van der Waals surface area contributed by atoms with Gasteiger partial charge >= 0.3 is 5.97 Å². The van der Waals surface area contributed by atoms with Gasteiger partial charge in [0, 0.05) is 12.2 Å². The van der Waals surface area contributed by atoms with Crippen LogP contribution in [0.3, 0.4) is 0 Å². The number of carboxylic acids is 1. The summed E-state index contributed by atoms with van der Waals surface area (Å²) < 4.78 is -1.42. The molecule has 0 saturated heterocycles. The fourth-order valence-electron chi connectivity index (χ4n) is 10.1. The Morgan fingerprint density at radius 3 is 1.20 bits per heavy atom. The summed E-state index contributed by atoms with van der Waals surface area (Å²) in [5.74, 6) is -2.45. The van der Waals surface area contributed by atoms with Crippen LogP contribution in [0.15, 0.2) is 255 Å². The first-order valence-electron chi connectivity index (χ1n) is 26.9. The lowest BCUT2D eigenvalue weighted by atomic mass is 9.84. The van der Waals surface area contributed by atoms with E-state index in [0.29, 0.717) is 12.2 Å². The van der Waals surface area contributed by atoms with E-state index < -0.39 is 69.9 Å². The van der Waals surface area contributed by atoms with Gasteiger partial charge in [-0.05, 0) is 63.1 Å². The largest absolute Gasteiger partial charge is 0.481 e. The number of allylic oxidation sites excluding steroid dienone is 1. The lowest BCUT2D eigenvalue weighted by Gasteiger charge is -2.37. The summed E-state index contributed by atoms with van der Waals surface area (Å²) in [5, 5.41) is 41.3.